The molecule has 3 nitrogen and oxygen atoms in total. The van der Waals surface area contributed by atoms with Crippen LogP contribution in [0, 0.1) is 0 Å². The van der Waals surface area contributed by atoms with E-state index in [9.17, 15) is 0 Å². The van der Waals surface area contributed by atoms with Gasteiger partial charge in [0.2, 0.25) is 0 Å². The molecule has 3 heteroatoms. The molecule has 2 rings (SSSR count). The monoisotopic (exact) mass is 186 g/mol. The summed E-state index contributed by atoms with van der Waals surface area (Å²) in [6.45, 7) is 3.58. The van der Waals surface area contributed by atoms with Crippen molar-refractivity contribution in [3.8, 4) is 11.3 Å². The van der Waals surface area contributed by atoms with E-state index in [1.165, 1.54) is 0 Å². The van der Waals surface area contributed by atoms with E-state index in [-0.39, 0.29) is 0 Å². The minimum Gasteiger partial charge on any atom is -0.396 e. The third kappa shape index (κ3) is 1.52. The van der Waals surface area contributed by atoms with Crippen molar-refractivity contribution in [1.82, 2.24) is 5.16 Å². The zero-order valence-corrected chi connectivity index (χ0v) is 7.60. The SMILES string of the molecule is C=C(N)c1cc(-c2ccccc2)no1. The molecule has 1 heterocycles. The van der Waals surface area contributed by atoms with E-state index >= 15 is 0 Å². The van der Waals surface area contributed by atoms with Crippen molar-refractivity contribution in [3.63, 3.8) is 0 Å². The zero-order valence-electron chi connectivity index (χ0n) is 7.60. The number of nitrogens with two attached hydrogens (primary N) is 1. The maximum atomic E-state index is 5.48. The van der Waals surface area contributed by atoms with Crippen molar-refractivity contribution >= 4 is 5.70 Å². The fourth-order valence-electron chi connectivity index (χ4n) is 1.17. The first-order valence-corrected chi connectivity index (χ1v) is 4.24. The highest BCUT2D eigenvalue weighted by Crippen LogP contribution is 2.20. The van der Waals surface area contributed by atoms with Crippen LogP contribution in [0.3, 0.4) is 0 Å². The fraction of sp³-hybridized carbons (Fsp3) is 0. The van der Waals surface area contributed by atoms with Gasteiger partial charge in [0.15, 0.2) is 5.76 Å². The summed E-state index contributed by atoms with van der Waals surface area (Å²) in [6, 6.07) is 11.5. The van der Waals surface area contributed by atoms with Crippen molar-refractivity contribution in [1.29, 1.82) is 0 Å². The number of benzene rings is 1. The lowest BCUT2D eigenvalue weighted by molar-refractivity contribution is 0.412. The average Bonchev–Trinajstić information content (AvgIpc) is 2.68. The first kappa shape index (κ1) is 8.56. The van der Waals surface area contributed by atoms with Crippen LogP contribution in [0.4, 0.5) is 0 Å². The van der Waals surface area contributed by atoms with Gasteiger partial charge in [-0.05, 0) is 0 Å². The van der Waals surface area contributed by atoms with Crippen LogP contribution in [0.2, 0.25) is 0 Å². The molecule has 0 atom stereocenters. The summed E-state index contributed by atoms with van der Waals surface area (Å²) in [7, 11) is 0. The van der Waals surface area contributed by atoms with Crippen LogP contribution in [-0.4, -0.2) is 5.16 Å². The Balaban J connectivity index is 2.39. The smallest absolute Gasteiger partial charge is 0.182 e. The normalized spacial score (nSPS) is 10.0. The van der Waals surface area contributed by atoms with Gasteiger partial charge >= 0.3 is 0 Å². The lowest BCUT2D eigenvalue weighted by atomic mass is 10.1. The van der Waals surface area contributed by atoms with E-state index < -0.39 is 0 Å². The second-order valence-electron chi connectivity index (χ2n) is 2.97. The molecule has 0 aliphatic rings. The Morgan fingerprint density at radius 2 is 2.00 bits per heavy atom. The Labute approximate surface area is 81.8 Å². The van der Waals surface area contributed by atoms with Crippen LogP contribution in [0.25, 0.3) is 17.0 Å². The fourth-order valence-corrected chi connectivity index (χ4v) is 1.17. The minimum absolute atomic E-state index is 0.389. The second-order valence-corrected chi connectivity index (χ2v) is 2.97. The van der Waals surface area contributed by atoms with E-state index in [0.29, 0.717) is 11.5 Å². The molecule has 0 fully saturated rings. The average molecular weight is 186 g/mol. The molecule has 0 aliphatic carbocycles. The Morgan fingerprint density at radius 3 is 2.57 bits per heavy atom. The van der Waals surface area contributed by atoms with E-state index in [0.717, 1.165) is 11.3 Å². The lowest BCUT2D eigenvalue weighted by Gasteiger charge is -1.91. The van der Waals surface area contributed by atoms with Crippen molar-refractivity contribution in [2.75, 3.05) is 0 Å². The van der Waals surface area contributed by atoms with Gasteiger partial charge in [-0.3, -0.25) is 0 Å². The lowest BCUT2D eigenvalue weighted by Crippen LogP contribution is -1.90. The molecule has 2 N–H and O–H groups in total. The standard InChI is InChI=1S/C11H10N2O/c1-8(12)11-7-10(13-14-11)9-5-3-2-4-6-9/h2-7H,1,12H2. The molecule has 14 heavy (non-hydrogen) atoms. The van der Waals surface area contributed by atoms with Crippen LogP contribution in [-0.2, 0) is 0 Å². The summed E-state index contributed by atoms with van der Waals surface area (Å²) >= 11 is 0. The summed E-state index contributed by atoms with van der Waals surface area (Å²) in [6.07, 6.45) is 0. The van der Waals surface area contributed by atoms with Gasteiger partial charge in [-0.1, -0.05) is 42.1 Å². The van der Waals surface area contributed by atoms with E-state index in [4.69, 9.17) is 10.3 Å². The highest BCUT2D eigenvalue weighted by atomic mass is 16.5. The summed E-state index contributed by atoms with van der Waals surface area (Å²) < 4.78 is 5.01. The molecule has 2 aromatic rings. The first-order chi connectivity index (χ1) is 6.77. The van der Waals surface area contributed by atoms with Crippen molar-refractivity contribution in [3.05, 3.63) is 48.7 Å². The highest BCUT2D eigenvalue weighted by molar-refractivity contribution is 5.64. The maximum Gasteiger partial charge on any atom is 0.182 e. The number of aromatic nitrogens is 1. The molecule has 1 aromatic carbocycles. The summed E-state index contributed by atoms with van der Waals surface area (Å²) in [5.74, 6) is 0.517. The minimum atomic E-state index is 0.389. The molecule has 0 radical (unpaired) electrons. The van der Waals surface area contributed by atoms with E-state index in [1.54, 1.807) is 6.07 Å². The van der Waals surface area contributed by atoms with Gasteiger partial charge < -0.3 is 10.3 Å². The van der Waals surface area contributed by atoms with Gasteiger partial charge in [-0.2, -0.15) is 0 Å². The number of hydrogen-bond donors (Lipinski definition) is 1. The number of rotatable bonds is 2. The molecule has 0 amide bonds. The van der Waals surface area contributed by atoms with Crippen molar-refractivity contribution in [2.45, 2.75) is 0 Å². The van der Waals surface area contributed by atoms with Gasteiger partial charge in [0.1, 0.15) is 5.69 Å². The third-order valence-electron chi connectivity index (χ3n) is 1.90. The first-order valence-electron chi connectivity index (χ1n) is 4.24. The van der Waals surface area contributed by atoms with Gasteiger partial charge in [0.25, 0.3) is 0 Å². The predicted octanol–water partition coefficient (Wildman–Crippen LogP) is 2.27. The number of nitrogens with zero attached hydrogens (tertiary/aromatic N) is 1. The van der Waals surface area contributed by atoms with E-state index in [1.807, 2.05) is 30.3 Å². The van der Waals surface area contributed by atoms with E-state index in [2.05, 4.69) is 11.7 Å². The van der Waals surface area contributed by atoms with Gasteiger partial charge in [-0.15, -0.1) is 0 Å². The van der Waals surface area contributed by atoms with Gasteiger partial charge in [-0.25, -0.2) is 0 Å². The molecular weight excluding hydrogens is 176 g/mol. The molecule has 0 saturated heterocycles. The molecule has 1 aromatic heterocycles. The maximum absolute atomic E-state index is 5.48. The summed E-state index contributed by atoms with van der Waals surface area (Å²) in [5.41, 5.74) is 7.64. The molecule has 0 unspecified atom stereocenters. The summed E-state index contributed by atoms with van der Waals surface area (Å²) in [5, 5.41) is 3.89. The Hall–Kier alpha value is -2.03. The Kier molecular flexibility index (Phi) is 2.07. The van der Waals surface area contributed by atoms with Crippen LogP contribution >= 0.6 is 0 Å². The molecule has 0 saturated carbocycles. The molecule has 0 aliphatic heterocycles. The van der Waals surface area contributed by atoms with Gasteiger partial charge in [0, 0.05) is 11.6 Å². The van der Waals surface area contributed by atoms with Gasteiger partial charge in [0.05, 0.1) is 5.70 Å². The van der Waals surface area contributed by atoms with Crippen molar-refractivity contribution in [2.24, 2.45) is 5.73 Å². The molecule has 0 bridgehead atoms. The molecule has 70 valence electrons. The zero-order chi connectivity index (χ0) is 9.97. The topological polar surface area (TPSA) is 52.0 Å². The summed E-state index contributed by atoms with van der Waals surface area (Å²) in [4.78, 5) is 0. The third-order valence-corrected chi connectivity index (χ3v) is 1.90. The van der Waals surface area contributed by atoms with Crippen LogP contribution in [0.1, 0.15) is 5.76 Å². The highest BCUT2D eigenvalue weighted by Gasteiger charge is 2.06. The molecular formula is C11H10N2O. The largest absolute Gasteiger partial charge is 0.396 e. The predicted molar refractivity (Wildman–Crippen MR) is 55.2 cm³/mol. The van der Waals surface area contributed by atoms with Crippen molar-refractivity contribution < 1.29 is 4.52 Å². The second kappa shape index (κ2) is 3.38. The Morgan fingerprint density at radius 1 is 1.29 bits per heavy atom. The Bertz CT molecular complexity index is 445. The van der Waals surface area contributed by atoms with Crippen LogP contribution < -0.4 is 5.73 Å². The quantitative estimate of drug-likeness (QED) is 0.782. The van der Waals surface area contributed by atoms with Crippen LogP contribution in [0.5, 0.6) is 0 Å². The number of hydrogen-bond acceptors (Lipinski definition) is 3. The van der Waals surface area contributed by atoms with Crippen LogP contribution in [0.15, 0.2) is 47.5 Å². The molecule has 0 spiro atoms.